The minimum atomic E-state index is 0.395. The van der Waals surface area contributed by atoms with Crippen molar-refractivity contribution in [1.82, 2.24) is 0 Å². The van der Waals surface area contributed by atoms with Gasteiger partial charge >= 0.3 is 0 Å². The van der Waals surface area contributed by atoms with E-state index < -0.39 is 0 Å². The summed E-state index contributed by atoms with van der Waals surface area (Å²) < 4.78 is 11.5. The molecule has 0 aromatic heterocycles. The Kier molecular flexibility index (Phi) is 3.49. The summed E-state index contributed by atoms with van der Waals surface area (Å²) in [7, 11) is 0. The number of para-hydroxylation sites is 2. The Hall–Kier alpha value is -1.18. The highest BCUT2D eigenvalue weighted by Gasteiger charge is 2.17. The van der Waals surface area contributed by atoms with Crippen LogP contribution >= 0.6 is 0 Å². The molecule has 2 rings (SSSR count). The van der Waals surface area contributed by atoms with Crippen LogP contribution in [0.2, 0.25) is 0 Å². The highest BCUT2D eigenvalue weighted by Crippen LogP contribution is 2.31. The lowest BCUT2D eigenvalue weighted by atomic mass is 10.3. The molecule has 0 atom stereocenters. The molecule has 0 amide bonds. The molecule has 15 heavy (non-hydrogen) atoms. The van der Waals surface area contributed by atoms with Gasteiger partial charge in [-0.15, -0.1) is 0 Å². The summed E-state index contributed by atoms with van der Waals surface area (Å²) in [5, 5.41) is 0. The minimum Gasteiger partial charge on any atom is -0.490 e. The minimum absolute atomic E-state index is 0.395. The molecule has 2 nitrogen and oxygen atoms in total. The van der Waals surface area contributed by atoms with E-state index in [1.54, 1.807) is 0 Å². The van der Waals surface area contributed by atoms with E-state index in [4.69, 9.17) is 9.47 Å². The van der Waals surface area contributed by atoms with Crippen molar-refractivity contribution in [2.75, 3.05) is 6.61 Å². The Morgan fingerprint density at radius 3 is 2.47 bits per heavy atom. The largest absolute Gasteiger partial charge is 0.490 e. The van der Waals surface area contributed by atoms with Gasteiger partial charge in [-0.2, -0.15) is 0 Å². The van der Waals surface area contributed by atoms with Crippen LogP contribution < -0.4 is 9.47 Å². The van der Waals surface area contributed by atoms with Gasteiger partial charge in [0, 0.05) is 0 Å². The third kappa shape index (κ3) is 2.65. The quantitative estimate of drug-likeness (QED) is 0.751. The lowest BCUT2D eigenvalue weighted by Crippen LogP contribution is -2.11. The maximum absolute atomic E-state index is 5.93. The summed E-state index contributed by atoms with van der Waals surface area (Å²) in [5.41, 5.74) is 0. The first-order valence-electron chi connectivity index (χ1n) is 5.78. The molecule has 1 saturated carbocycles. The molecule has 2 heteroatoms. The molecule has 1 fully saturated rings. The molecule has 0 radical (unpaired) electrons. The van der Waals surface area contributed by atoms with Gasteiger partial charge in [0.25, 0.3) is 0 Å². The van der Waals surface area contributed by atoms with Crippen molar-refractivity contribution in [3.05, 3.63) is 24.3 Å². The van der Waals surface area contributed by atoms with E-state index in [9.17, 15) is 0 Å². The second-order valence-electron chi connectivity index (χ2n) is 3.90. The first kappa shape index (κ1) is 10.3. The molecule has 82 valence electrons. The number of hydrogen-bond donors (Lipinski definition) is 0. The van der Waals surface area contributed by atoms with Gasteiger partial charge in [0.05, 0.1) is 12.7 Å². The van der Waals surface area contributed by atoms with Crippen molar-refractivity contribution >= 4 is 0 Å². The van der Waals surface area contributed by atoms with Crippen molar-refractivity contribution in [2.45, 2.75) is 38.7 Å². The van der Waals surface area contributed by atoms with E-state index in [0.717, 1.165) is 11.5 Å². The highest BCUT2D eigenvalue weighted by atomic mass is 16.5. The Labute approximate surface area is 91.2 Å². The molecular formula is C13H18O2. The third-order valence-electron chi connectivity index (χ3n) is 2.74. The first-order valence-corrected chi connectivity index (χ1v) is 5.78. The Morgan fingerprint density at radius 1 is 1.13 bits per heavy atom. The first-order chi connectivity index (χ1) is 7.40. The zero-order chi connectivity index (χ0) is 10.5. The summed E-state index contributed by atoms with van der Waals surface area (Å²) in [6.45, 7) is 2.68. The van der Waals surface area contributed by atoms with Crippen LogP contribution in [-0.4, -0.2) is 12.7 Å². The average Bonchev–Trinajstić information content (AvgIpc) is 2.74. The Balaban J connectivity index is 2.05. The normalized spacial score (nSPS) is 16.6. The molecule has 1 aromatic rings. The van der Waals surface area contributed by atoms with E-state index in [2.05, 4.69) is 0 Å². The zero-order valence-electron chi connectivity index (χ0n) is 9.24. The molecule has 0 saturated heterocycles. The summed E-state index contributed by atoms with van der Waals surface area (Å²) in [6.07, 6.45) is 5.34. The zero-order valence-corrected chi connectivity index (χ0v) is 9.24. The molecule has 0 heterocycles. The van der Waals surface area contributed by atoms with Crippen LogP contribution in [0, 0.1) is 0 Å². The number of benzene rings is 1. The Bertz CT molecular complexity index is 303. The second kappa shape index (κ2) is 5.06. The fourth-order valence-corrected chi connectivity index (χ4v) is 2.01. The van der Waals surface area contributed by atoms with Gasteiger partial charge in [-0.1, -0.05) is 12.1 Å². The van der Waals surface area contributed by atoms with Gasteiger partial charge in [0.15, 0.2) is 11.5 Å². The van der Waals surface area contributed by atoms with Crippen molar-refractivity contribution in [3.63, 3.8) is 0 Å². The smallest absolute Gasteiger partial charge is 0.161 e. The summed E-state index contributed by atoms with van der Waals surface area (Å²) in [6, 6.07) is 7.93. The third-order valence-corrected chi connectivity index (χ3v) is 2.74. The fourth-order valence-electron chi connectivity index (χ4n) is 2.01. The van der Waals surface area contributed by atoms with E-state index >= 15 is 0 Å². The molecule has 0 N–H and O–H groups in total. The van der Waals surface area contributed by atoms with Crippen molar-refractivity contribution in [2.24, 2.45) is 0 Å². The predicted molar refractivity (Wildman–Crippen MR) is 60.5 cm³/mol. The molecule has 1 aliphatic rings. The van der Waals surface area contributed by atoms with Crippen LogP contribution in [0.5, 0.6) is 11.5 Å². The van der Waals surface area contributed by atoms with Gasteiger partial charge in [0.2, 0.25) is 0 Å². The molecule has 0 bridgehead atoms. The average molecular weight is 206 g/mol. The number of rotatable bonds is 4. The molecule has 1 aliphatic carbocycles. The van der Waals surface area contributed by atoms with Gasteiger partial charge in [-0.3, -0.25) is 0 Å². The van der Waals surface area contributed by atoms with Crippen LogP contribution in [0.4, 0.5) is 0 Å². The SMILES string of the molecule is CCOc1ccccc1OC1CCCC1. The van der Waals surface area contributed by atoms with E-state index in [0.29, 0.717) is 12.7 Å². The lowest BCUT2D eigenvalue weighted by Gasteiger charge is -2.16. The van der Waals surface area contributed by atoms with Gasteiger partial charge in [-0.25, -0.2) is 0 Å². The summed E-state index contributed by atoms with van der Waals surface area (Å²) in [5.74, 6) is 1.76. The predicted octanol–water partition coefficient (Wildman–Crippen LogP) is 3.41. The maximum Gasteiger partial charge on any atom is 0.161 e. The lowest BCUT2D eigenvalue weighted by molar-refractivity contribution is 0.197. The molecule has 0 aliphatic heterocycles. The van der Waals surface area contributed by atoms with Crippen molar-refractivity contribution in [3.8, 4) is 11.5 Å². The Morgan fingerprint density at radius 2 is 1.80 bits per heavy atom. The van der Waals surface area contributed by atoms with Crippen LogP contribution in [-0.2, 0) is 0 Å². The molecule has 0 spiro atoms. The van der Waals surface area contributed by atoms with E-state index in [1.807, 2.05) is 31.2 Å². The summed E-state index contributed by atoms with van der Waals surface area (Å²) >= 11 is 0. The standard InChI is InChI=1S/C13H18O2/c1-2-14-12-9-5-6-10-13(12)15-11-7-3-4-8-11/h5-6,9-11H,2-4,7-8H2,1H3. The fraction of sp³-hybridized carbons (Fsp3) is 0.538. The maximum atomic E-state index is 5.93. The topological polar surface area (TPSA) is 18.5 Å². The van der Waals surface area contributed by atoms with E-state index in [1.165, 1.54) is 25.7 Å². The van der Waals surface area contributed by atoms with Crippen LogP contribution in [0.25, 0.3) is 0 Å². The highest BCUT2D eigenvalue weighted by molar-refractivity contribution is 5.39. The van der Waals surface area contributed by atoms with Crippen LogP contribution in [0.15, 0.2) is 24.3 Å². The van der Waals surface area contributed by atoms with Gasteiger partial charge < -0.3 is 9.47 Å². The van der Waals surface area contributed by atoms with Crippen molar-refractivity contribution in [1.29, 1.82) is 0 Å². The van der Waals surface area contributed by atoms with Gasteiger partial charge in [0.1, 0.15) is 0 Å². The second-order valence-corrected chi connectivity index (χ2v) is 3.90. The van der Waals surface area contributed by atoms with Crippen LogP contribution in [0.1, 0.15) is 32.6 Å². The van der Waals surface area contributed by atoms with Crippen molar-refractivity contribution < 1.29 is 9.47 Å². The number of ether oxygens (including phenoxy) is 2. The van der Waals surface area contributed by atoms with Gasteiger partial charge in [-0.05, 0) is 44.7 Å². The molecular weight excluding hydrogens is 188 g/mol. The molecule has 0 unspecified atom stereocenters. The summed E-state index contributed by atoms with van der Waals surface area (Å²) in [4.78, 5) is 0. The van der Waals surface area contributed by atoms with E-state index in [-0.39, 0.29) is 0 Å². The van der Waals surface area contributed by atoms with Crippen LogP contribution in [0.3, 0.4) is 0 Å². The number of hydrogen-bond acceptors (Lipinski definition) is 2. The molecule has 1 aromatic carbocycles. The monoisotopic (exact) mass is 206 g/mol.